The van der Waals surface area contributed by atoms with Gasteiger partial charge in [-0.1, -0.05) is 20.8 Å². The van der Waals surface area contributed by atoms with Crippen molar-refractivity contribution in [3.8, 4) is 0 Å². The van der Waals surface area contributed by atoms with E-state index in [1.54, 1.807) is 6.33 Å². The first-order valence-electron chi connectivity index (χ1n) is 8.23. The summed E-state index contributed by atoms with van der Waals surface area (Å²) in [6.07, 6.45) is 6.27. The fraction of sp³-hybridized carbons (Fsp3) is 0.750. The summed E-state index contributed by atoms with van der Waals surface area (Å²) in [5.41, 5.74) is 1.18. The Kier molecular flexibility index (Phi) is 6.23. The lowest BCUT2D eigenvalue weighted by Crippen LogP contribution is -2.23. The van der Waals surface area contributed by atoms with E-state index in [1.807, 2.05) is 0 Å². The van der Waals surface area contributed by atoms with Crippen LogP contribution in [0.15, 0.2) is 6.33 Å². The van der Waals surface area contributed by atoms with E-state index in [-0.39, 0.29) is 0 Å². The van der Waals surface area contributed by atoms with Gasteiger partial charge < -0.3 is 15.4 Å². The van der Waals surface area contributed by atoms with Crippen LogP contribution in [0.3, 0.4) is 0 Å². The molecule has 0 radical (unpaired) electrons. The van der Waals surface area contributed by atoms with Crippen molar-refractivity contribution >= 4 is 11.6 Å². The van der Waals surface area contributed by atoms with Gasteiger partial charge in [0, 0.05) is 31.2 Å². The topological polar surface area (TPSA) is 59.1 Å². The van der Waals surface area contributed by atoms with Crippen molar-refractivity contribution in [2.45, 2.75) is 52.6 Å². The molecule has 1 aromatic rings. The van der Waals surface area contributed by atoms with Crippen molar-refractivity contribution in [2.75, 3.05) is 30.3 Å². The third-order valence-corrected chi connectivity index (χ3v) is 4.12. The maximum absolute atomic E-state index is 5.75. The van der Waals surface area contributed by atoms with Crippen LogP contribution in [0.25, 0.3) is 0 Å². The molecule has 1 aromatic heterocycles. The second-order valence-electron chi connectivity index (χ2n) is 5.58. The highest BCUT2D eigenvalue weighted by Crippen LogP contribution is 2.25. The van der Waals surface area contributed by atoms with Crippen molar-refractivity contribution in [2.24, 2.45) is 5.92 Å². The van der Waals surface area contributed by atoms with Crippen molar-refractivity contribution in [3.63, 3.8) is 0 Å². The molecule has 2 rings (SSSR count). The zero-order chi connectivity index (χ0) is 15.1. The Morgan fingerprint density at radius 2 is 1.95 bits per heavy atom. The van der Waals surface area contributed by atoms with Crippen LogP contribution < -0.4 is 10.6 Å². The third kappa shape index (κ3) is 4.06. The third-order valence-electron chi connectivity index (χ3n) is 4.12. The first-order valence-corrected chi connectivity index (χ1v) is 8.23. The largest absolute Gasteiger partial charge is 0.378 e. The van der Waals surface area contributed by atoms with Crippen molar-refractivity contribution < 1.29 is 4.74 Å². The molecule has 118 valence electrons. The first-order chi connectivity index (χ1) is 10.3. The number of aromatic nitrogens is 2. The number of ether oxygens (including phenoxy) is 1. The van der Waals surface area contributed by atoms with Gasteiger partial charge in [0.25, 0.3) is 0 Å². The van der Waals surface area contributed by atoms with Gasteiger partial charge in [0.15, 0.2) is 0 Å². The molecule has 1 aliphatic heterocycles. The van der Waals surface area contributed by atoms with E-state index in [4.69, 9.17) is 4.74 Å². The Morgan fingerprint density at radius 3 is 2.62 bits per heavy atom. The molecule has 5 heteroatoms. The second-order valence-corrected chi connectivity index (χ2v) is 5.58. The molecule has 0 amide bonds. The summed E-state index contributed by atoms with van der Waals surface area (Å²) in [7, 11) is 0. The van der Waals surface area contributed by atoms with Gasteiger partial charge >= 0.3 is 0 Å². The highest BCUT2D eigenvalue weighted by Gasteiger charge is 2.26. The lowest BCUT2D eigenvalue weighted by molar-refractivity contribution is 0.0900. The summed E-state index contributed by atoms with van der Waals surface area (Å²) < 4.78 is 5.75. The highest BCUT2D eigenvalue weighted by molar-refractivity contribution is 5.57. The van der Waals surface area contributed by atoms with Gasteiger partial charge in [0.1, 0.15) is 18.0 Å². The first kappa shape index (κ1) is 16.0. The minimum absolute atomic E-state index is 0.391. The molecular formula is C16H28N4O. The molecule has 21 heavy (non-hydrogen) atoms. The molecule has 5 nitrogen and oxygen atoms in total. The second kappa shape index (κ2) is 8.17. The summed E-state index contributed by atoms with van der Waals surface area (Å²) in [6, 6.07) is 0. The average molecular weight is 292 g/mol. The molecule has 2 atom stereocenters. The Labute approximate surface area is 127 Å². The molecule has 0 spiro atoms. The van der Waals surface area contributed by atoms with Gasteiger partial charge in [-0.15, -0.1) is 0 Å². The fourth-order valence-corrected chi connectivity index (χ4v) is 2.90. The van der Waals surface area contributed by atoms with Crippen LogP contribution in [0.1, 0.15) is 45.6 Å². The minimum atomic E-state index is 0.391. The van der Waals surface area contributed by atoms with E-state index in [1.165, 1.54) is 5.56 Å². The van der Waals surface area contributed by atoms with Crippen molar-refractivity contribution in [1.82, 2.24) is 9.97 Å². The van der Waals surface area contributed by atoms with Gasteiger partial charge in [-0.25, -0.2) is 9.97 Å². The smallest absolute Gasteiger partial charge is 0.134 e. The van der Waals surface area contributed by atoms with Gasteiger partial charge in [0.2, 0.25) is 0 Å². The molecule has 2 unspecified atom stereocenters. The van der Waals surface area contributed by atoms with E-state index in [0.717, 1.165) is 57.0 Å². The Hall–Kier alpha value is -1.36. The van der Waals surface area contributed by atoms with Crippen LogP contribution in [-0.2, 0) is 11.2 Å². The minimum Gasteiger partial charge on any atom is -0.378 e. The van der Waals surface area contributed by atoms with Crippen LogP contribution >= 0.6 is 0 Å². The van der Waals surface area contributed by atoms with Gasteiger partial charge in [-0.2, -0.15) is 0 Å². The number of rotatable bonds is 8. The Balaban J connectivity index is 2.01. The van der Waals surface area contributed by atoms with Gasteiger partial charge in [0.05, 0.1) is 6.10 Å². The molecule has 2 heterocycles. The standard InChI is InChI=1S/C16H28N4O/c1-4-8-17-15-13(5-2)16(20-11-19-15)18-10-12-7-9-21-14(12)6-3/h11-12,14H,4-10H2,1-3H3,(H2,17,18,19,20). The highest BCUT2D eigenvalue weighted by atomic mass is 16.5. The predicted octanol–water partition coefficient (Wildman–Crippen LogP) is 3.09. The van der Waals surface area contributed by atoms with Crippen molar-refractivity contribution in [3.05, 3.63) is 11.9 Å². The number of hydrogen-bond donors (Lipinski definition) is 2. The molecule has 1 fully saturated rings. The van der Waals surface area contributed by atoms with E-state index in [9.17, 15) is 0 Å². The van der Waals surface area contributed by atoms with E-state index >= 15 is 0 Å². The predicted molar refractivity (Wildman–Crippen MR) is 86.8 cm³/mol. The normalized spacial score (nSPS) is 21.5. The lowest BCUT2D eigenvalue weighted by atomic mass is 9.99. The zero-order valence-corrected chi connectivity index (χ0v) is 13.5. The molecule has 2 N–H and O–H groups in total. The molecule has 1 aliphatic rings. The summed E-state index contributed by atoms with van der Waals surface area (Å²) in [6.45, 7) is 9.25. The monoisotopic (exact) mass is 292 g/mol. The Bertz CT molecular complexity index is 438. The summed E-state index contributed by atoms with van der Waals surface area (Å²) >= 11 is 0. The average Bonchev–Trinajstić information content (AvgIpc) is 2.98. The SMILES string of the molecule is CCCNc1ncnc(NCC2CCOC2CC)c1CC. The number of hydrogen-bond acceptors (Lipinski definition) is 5. The maximum atomic E-state index is 5.75. The molecular weight excluding hydrogens is 264 g/mol. The van der Waals surface area contributed by atoms with Crippen LogP contribution in [0, 0.1) is 5.92 Å². The van der Waals surface area contributed by atoms with Gasteiger partial charge in [-0.05, 0) is 25.7 Å². The number of anilines is 2. The molecule has 1 saturated heterocycles. The molecule has 0 saturated carbocycles. The number of nitrogens with one attached hydrogen (secondary N) is 2. The zero-order valence-electron chi connectivity index (χ0n) is 13.5. The van der Waals surface area contributed by atoms with Crippen LogP contribution in [0.5, 0.6) is 0 Å². The van der Waals surface area contributed by atoms with E-state index in [0.29, 0.717) is 12.0 Å². The molecule has 0 aromatic carbocycles. The fourth-order valence-electron chi connectivity index (χ4n) is 2.90. The van der Waals surface area contributed by atoms with Crippen molar-refractivity contribution in [1.29, 1.82) is 0 Å². The quantitative estimate of drug-likeness (QED) is 0.771. The summed E-state index contributed by atoms with van der Waals surface area (Å²) in [5.74, 6) is 2.51. The Morgan fingerprint density at radius 1 is 1.19 bits per heavy atom. The maximum Gasteiger partial charge on any atom is 0.134 e. The summed E-state index contributed by atoms with van der Waals surface area (Å²) in [5, 5.41) is 6.90. The molecule has 0 bridgehead atoms. The van der Waals surface area contributed by atoms with E-state index in [2.05, 4.69) is 41.4 Å². The molecule has 0 aliphatic carbocycles. The van der Waals surface area contributed by atoms with Crippen LogP contribution in [0.2, 0.25) is 0 Å². The lowest BCUT2D eigenvalue weighted by Gasteiger charge is -2.19. The van der Waals surface area contributed by atoms with E-state index < -0.39 is 0 Å². The van der Waals surface area contributed by atoms with Gasteiger partial charge in [-0.3, -0.25) is 0 Å². The summed E-state index contributed by atoms with van der Waals surface area (Å²) in [4.78, 5) is 8.80. The van der Waals surface area contributed by atoms with Crippen LogP contribution in [0.4, 0.5) is 11.6 Å². The number of nitrogens with zero attached hydrogens (tertiary/aromatic N) is 2. The van der Waals surface area contributed by atoms with Crippen LogP contribution in [-0.4, -0.2) is 35.8 Å².